The number of amides is 2. The summed E-state index contributed by atoms with van der Waals surface area (Å²) in [6.07, 6.45) is 0. The molecule has 0 saturated heterocycles. The van der Waals surface area contributed by atoms with E-state index in [4.69, 9.17) is 5.73 Å². The predicted molar refractivity (Wildman–Crippen MR) is 82.6 cm³/mol. The standard InChI is InChI=1S/C16H21N3O2/c1-4-19(3)16(21)12(2)18-15(20)14-9-7-13(8-10-14)6-5-11-17/h7-10,12H,4,11,17H2,1-3H3,(H,18,20). The van der Waals surface area contributed by atoms with Gasteiger partial charge in [-0.05, 0) is 38.1 Å². The Hall–Kier alpha value is -2.32. The molecule has 1 aromatic carbocycles. The van der Waals surface area contributed by atoms with E-state index in [9.17, 15) is 9.59 Å². The summed E-state index contributed by atoms with van der Waals surface area (Å²) < 4.78 is 0. The molecule has 112 valence electrons. The average Bonchev–Trinajstić information content (AvgIpc) is 2.51. The zero-order valence-electron chi connectivity index (χ0n) is 12.6. The fraction of sp³-hybridized carbons (Fsp3) is 0.375. The van der Waals surface area contributed by atoms with Crippen molar-refractivity contribution in [2.45, 2.75) is 19.9 Å². The van der Waals surface area contributed by atoms with Gasteiger partial charge in [0.1, 0.15) is 6.04 Å². The van der Waals surface area contributed by atoms with Crippen molar-refractivity contribution in [1.29, 1.82) is 0 Å². The highest BCUT2D eigenvalue weighted by molar-refractivity contribution is 5.97. The van der Waals surface area contributed by atoms with Crippen molar-refractivity contribution < 1.29 is 9.59 Å². The molecular formula is C16H21N3O2. The van der Waals surface area contributed by atoms with Gasteiger partial charge in [-0.2, -0.15) is 0 Å². The molecule has 0 radical (unpaired) electrons. The van der Waals surface area contributed by atoms with E-state index in [2.05, 4.69) is 17.2 Å². The number of benzene rings is 1. The van der Waals surface area contributed by atoms with Gasteiger partial charge in [0.2, 0.25) is 5.91 Å². The number of hydrogen-bond donors (Lipinski definition) is 2. The average molecular weight is 287 g/mol. The molecule has 1 unspecified atom stereocenters. The molecule has 5 nitrogen and oxygen atoms in total. The van der Waals surface area contributed by atoms with Gasteiger partial charge in [0.15, 0.2) is 0 Å². The molecule has 0 bridgehead atoms. The first-order valence-electron chi connectivity index (χ1n) is 6.84. The van der Waals surface area contributed by atoms with Crippen molar-refractivity contribution >= 4 is 11.8 Å². The number of carbonyl (C=O) groups is 2. The molecule has 0 spiro atoms. The molecule has 1 aromatic rings. The van der Waals surface area contributed by atoms with Crippen LogP contribution in [0.15, 0.2) is 24.3 Å². The Morgan fingerprint density at radius 1 is 1.33 bits per heavy atom. The first-order valence-corrected chi connectivity index (χ1v) is 6.84. The molecule has 0 aliphatic heterocycles. The van der Waals surface area contributed by atoms with Crippen molar-refractivity contribution in [1.82, 2.24) is 10.2 Å². The minimum Gasteiger partial charge on any atom is -0.344 e. The van der Waals surface area contributed by atoms with Crippen LogP contribution >= 0.6 is 0 Å². The molecule has 0 heterocycles. The lowest BCUT2D eigenvalue weighted by atomic mass is 10.1. The van der Waals surface area contributed by atoms with E-state index < -0.39 is 6.04 Å². The smallest absolute Gasteiger partial charge is 0.251 e. The molecule has 0 saturated carbocycles. The second-order valence-electron chi connectivity index (χ2n) is 4.63. The van der Waals surface area contributed by atoms with Gasteiger partial charge in [0.05, 0.1) is 6.54 Å². The molecule has 21 heavy (non-hydrogen) atoms. The Labute approximate surface area is 125 Å². The van der Waals surface area contributed by atoms with Crippen LogP contribution in [0.4, 0.5) is 0 Å². The van der Waals surface area contributed by atoms with Crippen molar-refractivity contribution in [3.8, 4) is 11.8 Å². The molecule has 1 rings (SSSR count). The Balaban J connectivity index is 2.69. The monoisotopic (exact) mass is 287 g/mol. The van der Waals surface area contributed by atoms with Crippen LogP contribution in [0.2, 0.25) is 0 Å². The maximum Gasteiger partial charge on any atom is 0.251 e. The van der Waals surface area contributed by atoms with Crippen LogP contribution in [-0.4, -0.2) is 42.9 Å². The molecule has 0 fully saturated rings. The van der Waals surface area contributed by atoms with Gasteiger partial charge in [-0.3, -0.25) is 9.59 Å². The molecule has 0 aliphatic rings. The van der Waals surface area contributed by atoms with E-state index >= 15 is 0 Å². The number of nitrogens with two attached hydrogens (primary N) is 1. The quantitative estimate of drug-likeness (QED) is 0.796. The third-order valence-corrected chi connectivity index (χ3v) is 3.05. The normalized spacial score (nSPS) is 11.0. The van der Waals surface area contributed by atoms with Crippen LogP contribution < -0.4 is 11.1 Å². The number of rotatable bonds is 4. The van der Waals surface area contributed by atoms with Gasteiger partial charge >= 0.3 is 0 Å². The maximum atomic E-state index is 12.1. The lowest BCUT2D eigenvalue weighted by molar-refractivity contribution is -0.131. The second kappa shape index (κ2) is 8.08. The summed E-state index contributed by atoms with van der Waals surface area (Å²) in [5, 5.41) is 2.69. The lowest BCUT2D eigenvalue weighted by Gasteiger charge is -2.20. The molecule has 0 aliphatic carbocycles. The summed E-state index contributed by atoms with van der Waals surface area (Å²) in [7, 11) is 1.70. The Morgan fingerprint density at radius 3 is 2.48 bits per heavy atom. The van der Waals surface area contributed by atoms with Crippen molar-refractivity contribution in [3.05, 3.63) is 35.4 Å². The maximum absolute atomic E-state index is 12.1. The summed E-state index contributed by atoms with van der Waals surface area (Å²) >= 11 is 0. The van der Waals surface area contributed by atoms with Crippen LogP contribution in [0.1, 0.15) is 29.8 Å². The van der Waals surface area contributed by atoms with Crippen LogP contribution in [0.3, 0.4) is 0 Å². The highest BCUT2D eigenvalue weighted by Crippen LogP contribution is 2.04. The first-order chi connectivity index (χ1) is 9.99. The van der Waals surface area contributed by atoms with Crippen molar-refractivity contribution in [2.75, 3.05) is 20.1 Å². The zero-order valence-corrected chi connectivity index (χ0v) is 12.6. The third-order valence-electron chi connectivity index (χ3n) is 3.05. The molecule has 0 aromatic heterocycles. The number of nitrogens with one attached hydrogen (secondary N) is 1. The summed E-state index contributed by atoms with van der Waals surface area (Å²) in [4.78, 5) is 25.5. The largest absolute Gasteiger partial charge is 0.344 e. The third kappa shape index (κ3) is 4.93. The zero-order chi connectivity index (χ0) is 15.8. The number of nitrogens with zero attached hydrogens (tertiary/aromatic N) is 1. The minimum atomic E-state index is -0.556. The van der Waals surface area contributed by atoms with E-state index in [0.717, 1.165) is 5.56 Å². The van der Waals surface area contributed by atoms with E-state index in [0.29, 0.717) is 18.7 Å². The van der Waals surface area contributed by atoms with E-state index in [1.807, 2.05) is 6.92 Å². The number of hydrogen-bond acceptors (Lipinski definition) is 3. The van der Waals surface area contributed by atoms with Gasteiger partial charge in [0.25, 0.3) is 5.91 Å². The first kappa shape index (κ1) is 16.7. The van der Waals surface area contributed by atoms with E-state index in [1.54, 1.807) is 43.1 Å². The van der Waals surface area contributed by atoms with Crippen LogP contribution in [0.25, 0.3) is 0 Å². The Bertz CT molecular complexity index is 555. The van der Waals surface area contributed by atoms with Crippen LogP contribution in [0, 0.1) is 11.8 Å². The number of carbonyl (C=O) groups excluding carboxylic acids is 2. The van der Waals surface area contributed by atoms with Gasteiger partial charge in [-0.15, -0.1) is 0 Å². The van der Waals surface area contributed by atoms with Gasteiger partial charge < -0.3 is 16.0 Å². The fourth-order valence-corrected chi connectivity index (χ4v) is 1.69. The minimum absolute atomic E-state index is 0.115. The van der Waals surface area contributed by atoms with E-state index in [1.165, 1.54) is 0 Å². The number of likely N-dealkylation sites (N-methyl/N-ethyl adjacent to an activating group) is 1. The fourth-order valence-electron chi connectivity index (χ4n) is 1.69. The predicted octanol–water partition coefficient (Wildman–Crippen LogP) is 0.593. The van der Waals surface area contributed by atoms with Crippen LogP contribution in [0.5, 0.6) is 0 Å². The van der Waals surface area contributed by atoms with Gasteiger partial charge in [-0.1, -0.05) is 11.8 Å². The Kier molecular flexibility index (Phi) is 6.44. The molecule has 3 N–H and O–H groups in total. The molecular weight excluding hydrogens is 266 g/mol. The summed E-state index contributed by atoms with van der Waals surface area (Å²) in [5.74, 6) is 5.24. The SMILES string of the molecule is CCN(C)C(=O)C(C)NC(=O)c1ccc(C#CCN)cc1. The van der Waals surface area contributed by atoms with Gasteiger partial charge in [0, 0.05) is 24.7 Å². The molecule has 5 heteroatoms. The van der Waals surface area contributed by atoms with Gasteiger partial charge in [-0.25, -0.2) is 0 Å². The summed E-state index contributed by atoms with van der Waals surface area (Å²) in [5.41, 5.74) is 6.59. The highest BCUT2D eigenvalue weighted by atomic mass is 16.2. The lowest BCUT2D eigenvalue weighted by Crippen LogP contribution is -2.45. The van der Waals surface area contributed by atoms with Crippen molar-refractivity contribution in [3.63, 3.8) is 0 Å². The van der Waals surface area contributed by atoms with E-state index in [-0.39, 0.29) is 11.8 Å². The second-order valence-corrected chi connectivity index (χ2v) is 4.63. The topological polar surface area (TPSA) is 75.4 Å². The molecule has 1 atom stereocenters. The molecule has 2 amide bonds. The van der Waals surface area contributed by atoms with Crippen LogP contribution in [-0.2, 0) is 4.79 Å². The van der Waals surface area contributed by atoms with Crippen molar-refractivity contribution in [2.24, 2.45) is 5.73 Å². The highest BCUT2D eigenvalue weighted by Gasteiger charge is 2.18. The Morgan fingerprint density at radius 2 is 1.95 bits per heavy atom. The summed E-state index contributed by atoms with van der Waals surface area (Å²) in [6, 6.07) is 6.30. The summed E-state index contributed by atoms with van der Waals surface area (Å²) in [6.45, 7) is 4.46.